The van der Waals surface area contributed by atoms with Crippen LogP contribution < -0.4 is 4.90 Å². The summed E-state index contributed by atoms with van der Waals surface area (Å²) in [4.78, 5) is 19.5. The Morgan fingerprint density at radius 1 is 1.07 bits per heavy atom. The fraction of sp³-hybridized carbons (Fsp3) is 0.182. The van der Waals surface area contributed by atoms with Crippen molar-refractivity contribution in [1.82, 2.24) is 4.98 Å². The number of aromatic nitrogens is 1. The third kappa shape index (κ3) is 3.93. The number of hydrogen-bond donors (Lipinski definition) is 0. The van der Waals surface area contributed by atoms with E-state index < -0.39 is 0 Å². The molecule has 5 heteroatoms. The van der Waals surface area contributed by atoms with Gasteiger partial charge in [-0.2, -0.15) is 0 Å². The first-order valence-corrected chi connectivity index (χ1v) is 9.75. The minimum absolute atomic E-state index is 0.0481. The highest BCUT2D eigenvalue weighted by Crippen LogP contribution is 2.32. The summed E-state index contributed by atoms with van der Waals surface area (Å²) in [6.07, 6.45) is 2.77. The molecule has 4 nitrogen and oxygen atoms in total. The van der Waals surface area contributed by atoms with Crippen LogP contribution in [0.15, 0.2) is 71.3 Å². The van der Waals surface area contributed by atoms with Gasteiger partial charge in [-0.15, -0.1) is 0 Å². The number of anilines is 1. The number of carbonyl (C=O) groups excluding carboxylic acids is 1. The molecule has 0 aliphatic carbocycles. The zero-order valence-corrected chi connectivity index (χ0v) is 15.9. The van der Waals surface area contributed by atoms with Crippen molar-refractivity contribution in [3.63, 3.8) is 0 Å². The second-order valence-corrected chi connectivity index (χ2v) is 7.47. The van der Waals surface area contributed by atoms with Crippen LogP contribution in [0.2, 0.25) is 0 Å². The van der Waals surface area contributed by atoms with E-state index in [4.69, 9.17) is 9.40 Å². The third-order valence-electron chi connectivity index (χ3n) is 4.51. The average Bonchev–Trinajstić information content (AvgIpc) is 3.35. The first-order valence-electron chi connectivity index (χ1n) is 8.93. The van der Waals surface area contributed by atoms with Crippen LogP contribution in [0.4, 0.5) is 5.13 Å². The molecule has 4 aromatic rings. The van der Waals surface area contributed by atoms with Gasteiger partial charge in [0.25, 0.3) is 0 Å². The second-order valence-electron chi connectivity index (χ2n) is 6.46. The van der Waals surface area contributed by atoms with Crippen LogP contribution >= 0.6 is 11.3 Å². The number of benzene rings is 2. The molecule has 0 saturated heterocycles. The van der Waals surface area contributed by atoms with Crippen molar-refractivity contribution in [2.45, 2.75) is 26.3 Å². The molecule has 0 saturated carbocycles. The highest BCUT2D eigenvalue weighted by Gasteiger charge is 2.21. The van der Waals surface area contributed by atoms with E-state index in [0.717, 1.165) is 27.1 Å². The van der Waals surface area contributed by atoms with Crippen molar-refractivity contribution in [3.8, 4) is 0 Å². The lowest BCUT2D eigenvalue weighted by molar-refractivity contribution is -0.118. The van der Waals surface area contributed by atoms with E-state index in [1.54, 1.807) is 22.5 Å². The molecule has 0 bridgehead atoms. The van der Waals surface area contributed by atoms with Crippen LogP contribution in [0, 0.1) is 6.92 Å². The topological polar surface area (TPSA) is 46.3 Å². The molecule has 0 unspecified atom stereocenters. The molecule has 0 fully saturated rings. The lowest BCUT2D eigenvalue weighted by atomic mass is 10.1. The van der Waals surface area contributed by atoms with E-state index in [2.05, 4.69) is 0 Å². The number of para-hydroxylation sites is 1. The summed E-state index contributed by atoms with van der Waals surface area (Å²) in [5, 5.41) is 0.716. The monoisotopic (exact) mass is 376 g/mol. The predicted octanol–water partition coefficient (Wildman–Crippen LogP) is 5.36. The Morgan fingerprint density at radius 2 is 1.93 bits per heavy atom. The van der Waals surface area contributed by atoms with Crippen LogP contribution in [-0.2, 0) is 17.8 Å². The van der Waals surface area contributed by atoms with Gasteiger partial charge in [-0.05, 0) is 42.7 Å². The molecule has 2 aromatic carbocycles. The van der Waals surface area contributed by atoms with E-state index in [9.17, 15) is 4.79 Å². The van der Waals surface area contributed by atoms with Gasteiger partial charge in [0.15, 0.2) is 5.13 Å². The fourth-order valence-corrected chi connectivity index (χ4v) is 4.10. The number of thiazole rings is 1. The zero-order chi connectivity index (χ0) is 18.6. The number of fused-ring (bicyclic) bond motifs is 1. The molecule has 0 atom stereocenters. The second kappa shape index (κ2) is 7.76. The first kappa shape index (κ1) is 17.5. The molecule has 0 N–H and O–H groups in total. The minimum Gasteiger partial charge on any atom is -0.467 e. The summed E-state index contributed by atoms with van der Waals surface area (Å²) in [6.45, 7) is 2.43. The Balaban J connectivity index is 1.61. The first-order chi connectivity index (χ1) is 13.2. The van der Waals surface area contributed by atoms with E-state index in [1.807, 2.05) is 67.6 Å². The van der Waals surface area contributed by atoms with Crippen molar-refractivity contribution in [2.75, 3.05) is 4.90 Å². The van der Waals surface area contributed by atoms with E-state index in [-0.39, 0.29) is 5.91 Å². The minimum atomic E-state index is 0.0481. The Hall–Kier alpha value is -2.92. The molecule has 0 radical (unpaired) electrons. The van der Waals surface area contributed by atoms with E-state index in [0.29, 0.717) is 24.5 Å². The molecule has 136 valence electrons. The van der Waals surface area contributed by atoms with Gasteiger partial charge in [0.05, 0.1) is 23.0 Å². The quantitative estimate of drug-likeness (QED) is 0.455. The molecule has 1 amide bonds. The molecule has 0 aliphatic heterocycles. The summed E-state index contributed by atoms with van der Waals surface area (Å²) in [7, 11) is 0. The number of nitrogens with zero attached hydrogens (tertiary/aromatic N) is 2. The molecular formula is C22H20N2O2S. The average molecular weight is 376 g/mol. The standard InChI is InChI=1S/C22H20N2O2S/c1-16-7-5-11-19-21(16)23-22(27-19)24(15-18-10-6-14-26-18)20(25)13-12-17-8-3-2-4-9-17/h2-11,14H,12-13,15H2,1H3. The number of furan rings is 1. The normalized spacial score (nSPS) is 11.0. The van der Waals surface area contributed by atoms with Crippen LogP contribution in [0.5, 0.6) is 0 Å². The van der Waals surface area contributed by atoms with Gasteiger partial charge in [-0.3, -0.25) is 9.69 Å². The lowest BCUT2D eigenvalue weighted by Gasteiger charge is -2.18. The largest absolute Gasteiger partial charge is 0.467 e. The van der Waals surface area contributed by atoms with Gasteiger partial charge in [0, 0.05) is 6.42 Å². The molecule has 4 rings (SSSR count). The predicted molar refractivity (Wildman–Crippen MR) is 109 cm³/mol. The van der Waals surface area contributed by atoms with Crippen molar-refractivity contribution < 1.29 is 9.21 Å². The van der Waals surface area contributed by atoms with E-state index >= 15 is 0 Å². The third-order valence-corrected chi connectivity index (χ3v) is 5.55. The van der Waals surface area contributed by atoms with E-state index in [1.165, 1.54) is 0 Å². The molecule has 0 spiro atoms. The van der Waals surface area contributed by atoms with Gasteiger partial charge in [-0.1, -0.05) is 53.8 Å². The Morgan fingerprint density at radius 3 is 2.67 bits per heavy atom. The zero-order valence-electron chi connectivity index (χ0n) is 15.1. The van der Waals surface area contributed by atoms with Crippen molar-refractivity contribution in [1.29, 1.82) is 0 Å². The number of hydrogen-bond acceptors (Lipinski definition) is 4. The molecule has 0 aliphatic rings. The maximum absolute atomic E-state index is 13.1. The van der Waals surface area contributed by atoms with Crippen LogP contribution in [0.1, 0.15) is 23.3 Å². The van der Waals surface area contributed by atoms with Crippen LogP contribution in [0.3, 0.4) is 0 Å². The maximum atomic E-state index is 13.1. The summed E-state index contributed by atoms with van der Waals surface area (Å²) >= 11 is 1.54. The van der Waals surface area contributed by atoms with Gasteiger partial charge in [-0.25, -0.2) is 4.98 Å². The highest BCUT2D eigenvalue weighted by atomic mass is 32.1. The Bertz CT molecular complexity index is 1040. The molecular weight excluding hydrogens is 356 g/mol. The van der Waals surface area contributed by atoms with Gasteiger partial charge >= 0.3 is 0 Å². The number of carbonyl (C=O) groups is 1. The highest BCUT2D eigenvalue weighted by molar-refractivity contribution is 7.22. The summed E-state index contributed by atoms with van der Waals surface area (Å²) < 4.78 is 6.57. The van der Waals surface area contributed by atoms with Gasteiger partial charge < -0.3 is 4.42 Å². The van der Waals surface area contributed by atoms with Crippen LogP contribution in [0.25, 0.3) is 10.2 Å². The van der Waals surface area contributed by atoms with Crippen molar-refractivity contribution in [2.24, 2.45) is 0 Å². The summed E-state index contributed by atoms with van der Waals surface area (Å²) in [6, 6.07) is 19.9. The van der Waals surface area contributed by atoms with Crippen molar-refractivity contribution >= 4 is 32.6 Å². The lowest BCUT2D eigenvalue weighted by Crippen LogP contribution is -2.30. The SMILES string of the molecule is Cc1cccc2sc(N(Cc3ccco3)C(=O)CCc3ccccc3)nc12. The maximum Gasteiger partial charge on any atom is 0.229 e. The van der Waals surface area contributed by atoms with Gasteiger partial charge in [0.2, 0.25) is 5.91 Å². The summed E-state index contributed by atoms with van der Waals surface area (Å²) in [5.41, 5.74) is 3.23. The number of rotatable bonds is 6. The molecule has 2 heterocycles. The number of aryl methyl sites for hydroxylation is 2. The Labute approximate surface area is 162 Å². The van der Waals surface area contributed by atoms with Gasteiger partial charge in [0.1, 0.15) is 5.76 Å². The Kier molecular flexibility index (Phi) is 5.03. The molecule has 2 aromatic heterocycles. The van der Waals surface area contributed by atoms with Crippen LogP contribution in [-0.4, -0.2) is 10.9 Å². The molecule has 27 heavy (non-hydrogen) atoms. The van der Waals surface area contributed by atoms with Crippen molar-refractivity contribution in [3.05, 3.63) is 83.8 Å². The number of amides is 1. The summed E-state index contributed by atoms with van der Waals surface area (Å²) in [5.74, 6) is 0.797. The fourth-order valence-electron chi connectivity index (χ4n) is 3.04. The smallest absolute Gasteiger partial charge is 0.229 e.